The van der Waals surface area contributed by atoms with Crippen molar-refractivity contribution in [3.63, 3.8) is 0 Å². The number of amidine groups is 4. The number of nitrogens with zero attached hydrogens (tertiary/aromatic N) is 11. The van der Waals surface area contributed by atoms with Crippen molar-refractivity contribution in [2.75, 3.05) is 47.5 Å². The minimum absolute atomic E-state index is 0.0134. The number of benzene rings is 5. The lowest BCUT2D eigenvalue weighted by molar-refractivity contribution is -0.790. The first-order valence-electron chi connectivity index (χ1n) is 26.7. The number of hydrogen-bond acceptors (Lipinski definition) is 23. The number of anilines is 5. The first-order chi connectivity index (χ1) is 42.1. The Morgan fingerprint density at radius 2 is 1.15 bits per heavy atom. The molecule has 8 aromatic rings. The summed E-state index contributed by atoms with van der Waals surface area (Å²) in [5.41, 5.74) is 4.54. The van der Waals surface area contributed by atoms with Crippen LogP contribution in [0, 0.1) is 0 Å². The van der Waals surface area contributed by atoms with Crippen LogP contribution in [-0.4, -0.2) is 152 Å². The molecule has 32 nitrogen and oxygen atoms in total. The lowest BCUT2D eigenvalue weighted by Crippen LogP contribution is -2.71. The number of aromatic nitrogens is 5. The van der Waals surface area contributed by atoms with Gasteiger partial charge in [-0.3, -0.25) is 22.9 Å². The van der Waals surface area contributed by atoms with Crippen LogP contribution in [0.25, 0.3) is 21.5 Å². The summed E-state index contributed by atoms with van der Waals surface area (Å²) in [4.78, 5) is 29.4. The largest absolute Gasteiger partial charge is 0.500 e. The molecule has 38 heteroatoms. The average Bonchev–Trinajstić information content (AvgIpc) is 1.48. The van der Waals surface area contributed by atoms with E-state index in [1.54, 1.807) is 0 Å². The van der Waals surface area contributed by atoms with Crippen LogP contribution in [0.3, 0.4) is 0 Å². The minimum atomic E-state index is -5.15. The van der Waals surface area contributed by atoms with Crippen LogP contribution < -0.4 is 32.1 Å². The van der Waals surface area contributed by atoms with Crippen LogP contribution in [0.15, 0.2) is 135 Å². The summed E-state index contributed by atoms with van der Waals surface area (Å²) < 4.78 is 207. The molecule has 6 aliphatic heterocycles. The Morgan fingerprint density at radius 3 is 1.81 bits per heavy atom. The molecule has 0 fully saturated rings. The van der Waals surface area contributed by atoms with Gasteiger partial charge in [-0.2, -0.15) is 57.8 Å². The predicted molar refractivity (Wildman–Crippen MR) is 316 cm³/mol. The van der Waals surface area contributed by atoms with Gasteiger partial charge in [-0.25, -0.2) is 8.42 Å². The predicted octanol–water partition coefficient (Wildman–Crippen LogP) is 2.86. The molecule has 1 atom stereocenters. The van der Waals surface area contributed by atoms with E-state index in [2.05, 4.69) is 30.3 Å². The van der Waals surface area contributed by atoms with Gasteiger partial charge in [0.2, 0.25) is 40.5 Å². The molecule has 0 bridgehead atoms. The summed E-state index contributed by atoms with van der Waals surface area (Å²) in [5, 5.41) is 5.36. The molecular weight excluding hydrogens is 1280 g/mol. The van der Waals surface area contributed by atoms with E-state index in [-0.39, 0.29) is 120 Å². The lowest BCUT2D eigenvalue weighted by Gasteiger charge is -2.40. The highest BCUT2D eigenvalue weighted by atomic mass is 32.2. The summed E-state index contributed by atoms with van der Waals surface area (Å²) in [7, 11) is -28.5. The van der Waals surface area contributed by atoms with E-state index in [9.17, 15) is 51.9 Å². The second kappa shape index (κ2) is 19.7. The molecule has 9 N–H and O–H groups in total. The van der Waals surface area contributed by atoms with Gasteiger partial charge in [-0.15, -0.1) is 9.15 Å². The highest BCUT2D eigenvalue weighted by Gasteiger charge is 2.70. The Balaban J connectivity index is 0.964. The fraction of sp³-hybridized carbons (Fsp3) is 0.196. The molecule has 0 radical (unpaired) electrons. The average molecular weight is 1330 g/mol. The van der Waals surface area contributed by atoms with Gasteiger partial charge in [0.05, 0.1) is 44.4 Å². The molecule has 1 spiro atoms. The molecule has 0 aliphatic carbocycles. The van der Waals surface area contributed by atoms with Crippen LogP contribution in [-0.2, 0) is 69.7 Å². The second-order valence-corrected chi connectivity index (χ2v) is 30.3. The van der Waals surface area contributed by atoms with Crippen molar-refractivity contribution in [2.45, 2.75) is 63.6 Å². The van der Waals surface area contributed by atoms with E-state index >= 15 is 8.42 Å². The third kappa shape index (κ3) is 8.57. The van der Waals surface area contributed by atoms with E-state index in [1.165, 1.54) is 72.9 Å². The minimum Gasteiger partial charge on any atom is -0.374 e. The molecule has 9 heterocycles. The third-order valence-electron chi connectivity index (χ3n) is 15.3. The first-order valence-corrected chi connectivity index (χ1v) is 35.9. The summed E-state index contributed by atoms with van der Waals surface area (Å²) in [5.74, 6) is -4.15. The Morgan fingerprint density at radius 1 is 0.573 bits per heavy atom. The lowest BCUT2D eigenvalue weighted by atomic mass is 10.1. The van der Waals surface area contributed by atoms with Gasteiger partial charge in [-0.05, 0) is 93.9 Å². The van der Waals surface area contributed by atoms with Crippen molar-refractivity contribution in [3.8, 4) is 0 Å². The summed E-state index contributed by atoms with van der Waals surface area (Å²) in [6.45, 7) is 6.85. The van der Waals surface area contributed by atoms with Gasteiger partial charge in [0.1, 0.15) is 24.5 Å². The van der Waals surface area contributed by atoms with Gasteiger partial charge in [-0.1, -0.05) is 44.2 Å². The number of fused-ring (bicyclic) bond motifs is 12. The number of nitrogen functional groups attached to an aromatic ring is 1. The maximum atomic E-state index is 15.4. The fourth-order valence-corrected chi connectivity index (χ4v) is 18.9. The molecule has 6 aliphatic rings. The van der Waals surface area contributed by atoms with Crippen LogP contribution >= 0.6 is 0 Å². The van der Waals surface area contributed by atoms with Crippen LogP contribution in [0.4, 0.5) is 40.9 Å². The third-order valence-corrected chi connectivity index (χ3v) is 23.4. The number of aliphatic imine (C=N–C) groups is 2. The maximum Gasteiger partial charge on any atom is 0.500 e. The summed E-state index contributed by atoms with van der Waals surface area (Å²) in [6.07, 6.45) is 0.465. The fourth-order valence-electron chi connectivity index (χ4n) is 12.3. The van der Waals surface area contributed by atoms with E-state index in [1.807, 2.05) is 20.8 Å². The van der Waals surface area contributed by atoms with Gasteiger partial charge in [0, 0.05) is 43.2 Å². The molecule has 5 aromatic carbocycles. The smallest absolute Gasteiger partial charge is 0.374 e. The molecule has 0 amide bonds. The van der Waals surface area contributed by atoms with E-state index in [0.29, 0.717) is 32.3 Å². The van der Waals surface area contributed by atoms with Gasteiger partial charge in [0.15, 0.2) is 0 Å². The molecule has 1 unspecified atom stereocenters. The Bertz CT molecular complexity index is 5490. The van der Waals surface area contributed by atoms with E-state index in [4.69, 9.17) is 39.0 Å². The zero-order valence-electron chi connectivity index (χ0n) is 46.0. The quantitative estimate of drug-likeness (QED) is 0.0235. The van der Waals surface area contributed by atoms with Crippen molar-refractivity contribution in [1.29, 1.82) is 0 Å². The van der Waals surface area contributed by atoms with Crippen LogP contribution in [0.5, 0.6) is 0 Å². The van der Waals surface area contributed by atoms with Crippen molar-refractivity contribution >= 4 is 145 Å². The summed E-state index contributed by atoms with van der Waals surface area (Å²) >= 11 is 0. The molecular formula is C51H45N15O17S5Si+2. The monoisotopic (exact) mass is 1330 g/mol. The number of nitrogens with one attached hydrogen (secondary N) is 3. The SMILES string of the molecule is CCO[Si](CCCNc1nc(N)nc(Nc2cc(NS(=O)(=O)c3cccc4c5n6c(c34)=NC3=[N+]4C(=Nc7c8cccc(S(=O)(=O)O)c8c8n7C64[N+]4=C(N=5)c5c(cccc5S(=O)(=O)O)C4=N8)c4c3cccc4S(=O)(=O)O)ccc2S(=O)(=O)O)n1)(OCC)OCC. The standard InChI is InChI=1S/C51H43N15O17S5Si/c1-4-81-89(82-5-2,83-6-3)23-11-22-53-49-59-48(52)60-50(61-49)54-30-24-25(20-21-31(30)85(69,70)71)62-84(67,68)32-16-7-12-26-36(32)44-55-41-27-13-8-17-33(86(72,73)74)37(27)46-57-43-29-15-10-19-35(88(78,79)80)39(29)47-58-42-28-14-9-18-34(87(75,76)77)38(28)45-56-40(26)63(44)51(64(41)46,65(42)45)66(43)47/h7-10,12-21,24,62H,4-6,11,22-23H2,1-3H3,(H6-2,52,53,54,59,60,61,69,70,71,72,73,74,75,76,77,78,79,80)/p+2. The van der Waals surface area contributed by atoms with Crippen molar-refractivity contribution in [3.05, 3.63) is 124 Å². The van der Waals surface area contributed by atoms with E-state index in [0.717, 1.165) is 36.4 Å². The maximum absolute atomic E-state index is 15.4. The number of nitrogens with two attached hydrogens (primary N) is 1. The molecule has 0 saturated carbocycles. The van der Waals surface area contributed by atoms with Crippen LogP contribution in [0.2, 0.25) is 6.04 Å². The molecule has 14 rings (SSSR count). The number of hydrogen-bond donors (Lipinski definition) is 8. The summed E-state index contributed by atoms with van der Waals surface area (Å²) in [6, 6.07) is 19.1. The Hall–Kier alpha value is -8.64. The molecule has 89 heavy (non-hydrogen) atoms. The molecule has 458 valence electrons. The zero-order valence-corrected chi connectivity index (χ0v) is 51.1. The zero-order chi connectivity index (χ0) is 62.9. The van der Waals surface area contributed by atoms with Crippen LogP contribution in [0.1, 0.15) is 49.4 Å². The van der Waals surface area contributed by atoms with E-state index < -0.39 is 95.4 Å². The normalized spacial score (nSPS) is 17.0. The Labute approximate surface area is 504 Å². The molecule has 0 saturated heterocycles. The number of sulfonamides is 1. The first kappa shape index (κ1) is 58.1. The van der Waals surface area contributed by atoms with Gasteiger partial charge < -0.3 is 29.6 Å². The van der Waals surface area contributed by atoms with Gasteiger partial charge >= 0.3 is 14.7 Å². The topological polar surface area (TPSA) is 445 Å². The van der Waals surface area contributed by atoms with Crippen molar-refractivity contribution < 1.29 is 82.7 Å². The van der Waals surface area contributed by atoms with Crippen molar-refractivity contribution in [1.82, 2.24) is 24.1 Å². The Kier molecular flexibility index (Phi) is 12.8. The van der Waals surface area contributed by atoms with Crippen molar-refractivity contribution in [2.24, 2.45) is 20.0 Å². The van der Waals surface area contributed by atoms with Gasteiger partial charge in [0.25, 0.3) is 73.8 Å². The highest BCUT2D eigenvalue weighted by Crippen LogP contribution is 2.54. The number of rotatable bonds is 20. The molecule has 3 aromatic heterocycles. The highest BCUT2D eigenvalue weighted by molar-refractivity contribution is 7.93. The second-order valence-electron chi connectivity index (χ2n) is 20.4.